The van der Waals surface area contributed by atoms with Crippen LogP contribution in [0.1, 0.15) is 0 Å². The highest BCUT2D eigenvalue weighted by Crippen LogP contribution is 2.28. The second kappa shape index (κ2) is 7.38. The number of benzene rings is 2. The van der Waals surface area contributed by atoms with Crippen LogP contribution < -0.4 is 10.1 Å². The number of hydrogen-bond acceptors (Lipinski definition) is 4. The van der Waals surface area contributed by atoms with Crippen LogP contribution >= 0.6 is 23.2 Å². The highest BCUT2D eigenvalue weighted by atomic mass is 35.5. The number of nitrogens with one attached hydrogen (secondary N) is 1. The van der Waals surface area contributed by atoms with Gasteiger partial charge in [-0.3, -0.25) is 0 Å². The Morgan fingerprint density at radius 2 is 1.55 bits per heavy atom. The Kier molecular flexibility index (Phi) is 5.27. The summed E-state index contributed by atoms with van der Waals surface area (Å²) in [5.41, 5.74) is 0.716. The zero-order valence-corrected chi connectivity index (χ0v) is 12.7. The lowest BCUT2D eigenvalue weighted by Crippen LogP contribution is -1.90. The Labute approximate surface area is 137 Å². The average Bonchev–Trinajstić information content (AvgIpc) is 2.49. The van der Waals surface area contributed by atoms with E-state index >= 15 is 0 Å². The Bertz CT molecular complexity index is 750. The van der Waals surface area contributed by atoms with Crippen LogP contribution in [0, 0.1) is 22.7 Å². The van der Waals surface area contributed by atoms with Gasteiger partial charge in [-0.1, -0.05) is 23.2 Å². The molecule has 0 radical (unpaired) electrons. The molecule has 0 aliphatic rings. The van der Waals surface area contributed by atoms with E-state index in [1.54, 1.807) is 54.6 Å². The maximum atomic E-state index is 8.63. The van der Waals surface area contributed by atoms with Gasteiger partial charge in [-0.15, -0.1) is 0 Å². The van der Waals surface area contributed by atoms with E-state index in [9.17, 15) is 0 Å². The van der Waals surface area contributed by atoms with E-state index in [-0.39, 0.29) is 5.57 Å². The van der Waals surface area contributed by atoms with Crippen LogP contribution in [0.3, 0.4) is 0 Å². The van der Waals surface area contributed by atoms with Gasteiger partial charge in [-0.05, 0) is 42.5 Å². The molecule has 0 aliphatic carbocycles. The number of nitrogens with zero attached hydrogens (tertiary/aromatic N) is 2. The molecular formula is C16H9Cl2N3O. The maximum Gasteiger partial charge on any atom is 0.145 e. The zero-order chi connectivity index (χ0) is 15.9. The molecule has 2 aromatic rings. The summed E-state index contributed by atoms with van der Waals surface area (Å²) in [6.45, 7) is 0. The molecule has 0 bridgehead atoms. The minimum absolute atomic E-state index is 0.00565. The molecule has 4 nitrogen and oxygen atoms in total. The van der Waals surface area contributed by atoms with Gasteiger partial charge in [0.2, 0.25) is 0 Å². The second-order valence-electron chi connectivity index (χ2n) is 4.16. The van der Waals surface area contributed by atoms with E-state index in [0.29, 0.717) is 21.5 Å². The van der Waals surface area contributed by atoms with E-state index < -0.39 is 0 Å². The van der Waals surface area contributed by atoms with Crippen molar-refractivity contribution >= 4 is 28.9 Å². The number of anilines is 1. The molecule has 22 heavy (non-hydrogen) atoms. The summed E-state index contributed by atoms with van der Waals surface area (Å²) >= 11 is 11.8. The Morgan fingerprint density at radius 3 is 2.09 bits per heavy atom. The quantitative estimate of drug-likeness (QED) is 0.789. The molecule has 108 valence electrons. The van der Waals surface area contributed by atoms with Crippen molar-refractivity contribution in [2.45, 2.75) is 0 Å². The van der Waals surface area contributed by atoms with Crippen LogP contribution in [0.5, 0.6) is 11.5 Å². The number of hydrogen-bond donors (Lipinski definition) is 1. The molecule has 0 unspecified atom stereocenters. The lowest BCUT2D eigenvalue weighted by atomic mass is 10.3. The first-order valence-corrected chi connectivity index (χ1v) is 6.87. The second-order valence-corrected chi connectivity index (χ2v) is 5.03. The third-order valence-electron chi connectivity index (χ3n) is 2.55. The van der Waals surface area contributed by atoms with Crippen LogP contribution in [-0.4, -0.2) is 0 Å². The van der Waals surface area contributed by atoms with Crippen molar-refractivity contribution in [3.63, 3.8) is 0 Å². The molecular weight excluding hydrogens is 321 g/mol. The molecule has 1 N–H and O–H groups in total. The molecule has 0 spiro atoms. The van der Waals surface area contributed by atoms with Gasteiger partial charge in [0.1, 0.15) is 29.2 Å². The minimum atomic E-state index is -0.00565. The number of nitriles is 2. The Balaban J connectivity index is 2.08. The number of allylic oxidation sites excluding steroid dienone is 1. The van der Waals surface area contributed by atoms with Crippen molar-refractivity contribution in [1.82, 2.24) is 0 Å². The van der Waals surface area contributed by atoms with Crippen LogP contribution in [0.25, 0.3) is 0 Å². The normalized spacial score (nSPS) is 9.27. The third kappa shape index (κ3) is 4.43. The molecule has 0 aliphatic heterocycles. The molecule has 2 aromatic carbocycles. The molecule has 0 saturated carbocycles. The van der Waals surface area contributed by atoms with Crippen LogP contribution in [0.4, 0.5) is 5.69 Å². The van der Waals surface area contributed by atoms with Crippen LogP contribution in [-0.2, 0) is 0 Å². The largest absolute Gasteiger partial charge is 0.457 e. The van der Waals surface area contributed by atoms with Gasteiger partial charge < -0.3 is 10.1 Å². The molecule has 2 rings (SSSR count). The third-order valence-corrected chi connectivity index (χ3v) is 2.99. The van der Waals surface area contributed by atoms with Gasteiger partial charge in [0.25, 0.3) is 0 Å². The summed E-state index contributed by atoms with van der Waals surface area (Å²) in [6, 6.07) is 15.5. The summed E-state index contributed by atoms with van der Waals surface area (Å²) in [6.07, 6.45) is 1.34. The van der Waals surface area contributed by atoms with Gasteiger partial charge in [0.15, 0.2) is 0 Å². The molecule has 0 fully saturated rings. The molecule has 0 saturated heterocycles. The molecule has 0 atom stereocenters. The molecule has 0 heterocycles. The first-order valence-electron chi connectivity index (χ1n) is 6.11. The van der Waals surface area contributed by atoms with Crippen molar-refractivity contribution < 1.29 is 4.74 Å². The topological polar surface area (TPSA) is 68.8 Å². The van der Waals surface area contributed by atoms with E-state index in [2.05, 4.69) is 5.32 Å². The summed E-state index contributed by atoms with van der Waals surface area (Å²) < 4.78 is 5.65. The summed E-state index contributed by atoms with van der Waals surface area (Å²) in [4.78, 5) is 0. The number of ether oxygens (including phenoxy) is 1. The van der Waals surface area contributed by atoms with E-state index in [0.717, 1.165) is 5.69 Å². The highest BCUT2D eigenvalue weighted by Gasteiger charge is 2.01. The van der Waals surface area contributed by atoms with Crippen molar-refractivity contribution in [2.24, 2.45) is 0 Å². The fraction of sp³-hybridized carbons (Fsp3) is 0. The number of rotatable bonds is 4. The van der Waals surface area contributed by atoms with Gasteiger partial charge in [-0.25, -0.2) is 0 Å². The van der Waals surface area contributed by atoms with Gasteiger partial charge in [0.05, 0.1) is 0 Å². The maximum absolute atomic E-state index is 8.63. The standard InChI is InChI=1S/C16H9Cl2N3O/c17-12-5-13(18)7-16(6-12)22-15-3-1-14(2-4-15)21-10-11(8-19)9-20/h1-7,10,21H. The van der Waals surface area contributed by atoms with Crippen molar-refractivity contribution in [2.75, 3.05) is 5.32 Å². The predicted octanol–water partition coefficient (Wildman–Crippen LogP) is 5.13. The highest BCUT2D eigenvalue weighted by molar-refractivity contribution is 6.34. The first kappa shape index (κ1) is 15.7. The summed E-state index contributed by atoms with van der Waals surface area (Å²) in [5, 5.41) is 21.1. The first-order chi connectivity index (χ1) is 10.6. The van der Waals surface area contributed by atoms with Crippen molar-refractivity contribution in [3.05, 3.63) is 64.3 Å². The van der Waals surface area contributed by atoms with E-state index in [4.69, 9.17) is 38.5 Å². The lowest BCUT2D eigenvalue weighted by Gasteiger charge is -2.08. The zero-order valence-electron chi connectivity index (χ0n) is 11.2. The molecule has 0 amide bonds. The average molecular weight is 330 g/mol. The minimum Gasteiger partial charge on any atom is -0.457 e. The summed E-state index contributed by atoms with van der Waals surface area (Å²) in [5.74, 6) is 1.14. The monoisotopic (exact) mass is 329 g/mol. The van der Waals surface area contributed by atoms with Crippen molar-refractivity contribution in [1.29, 1.82) is 10.5 Å². The molecule has 6 heteroatoms. The lowest BCUT2D eigenvalue weighted by molar-refractivity contribution is 0.483. The van der Waals surface area contributed by atoms with Crippen molar-refractivity contribution in [3.8, 4) is 23.6 Å². The predicted molar refractivity (Wildman–Crippen MR) is 85.9 cm³/mol. The van der Waals surface area contributed by atoms with E-state index in [1.165, 1.54) is 6.20 Å². The van der Waals surface area contributed by atoms with Gasteiger partial charge in [-0.2, -0.15) is 10.5 Å². The fourth-order valence-electron chi connectivity index (χ4n) is 1.59. The molecule has 0 aromatic heterocycles. The van der Waals surface area contributed by atoms with Gasteiger partial charge in [0, 0.05) is 21.9 Å². The summed E-state index contributed by atoms with van der Waals surface area (Å²) in [7, 11) is 0. The van der Waals surface area contributed by atoms with Crippen LogP contribution in [0.2, 0.25) is 10.0 Å². The Hall–Kier alpha value is -2.66. The SMILES string of the molecule is N#CC(C#N)=CNc1ccc(Oc2cc(Cl)cc(Cl)c2)cc1. The Morgan fingerprint density at radius 1 is 0.955 bits per heavy atom. The smallest absolute Gasteiger partial charge is 0.145 e. The number of halogens is 2. The van der Waals surface area contributed by atoms with E-state index in [1.807, 2.05) is 0 Å². The fourth-order valence-corrected chi connectivity index (χ4v) is 2.09. The van der Waals surface area contributed by atoms with Gasteiger partial charge >= 0.3 is 0 Å². The van der Waals surface area contributed by atoms with Crippen LogP contribution in [0.15, 0.2) is 54.2 Å².